The van der Waals surface area contributed by atoms with Crippen LogP contribution in [0.5, 0.6) is 0 Å². The van der Waals surface area contributed by atoms with E-state index >= 15 is 0 Å². The van der Waals surface area contributed by atoms with Crippen molar-refractivity contribution < 1.29 is 33.4 Å². The SMILES string of the molecule is COC(=O)c1ccc2c(c1)N(C(=O)N[C@@H](CCCCN)C(=O)OC)C(=O)/C2=C(\Nc1ccc(N(C)C(=O)CN2CCN(C)CC2)cc1)c1ccccc1. The van der Waals surface area contributed by atoms with Gasteiger partial charge in [0.15, 0.2) is 0 Å². The van der Waals surface area contributed by atoms with Crippen LogP contribution in [0.1, 0.15) is 40.7 Å². The van der Waals surface area contributed by atoms with E-state index in [9.17, 15) is 24.0 Å². The summed E-state index contributed by atoms with van der Waals surface area (Å²) in [6, 6.07) is 19.1. The number of likely N-dealkylation sites (N-methyl/N-ethyl adjacent to an activating group) is 2. The number of methoxy groups -OCH3 is 2. The minimum Gasteiger partial charge on any atom is -0.467 e. The minimum absolute atomic E-state index is 0.0194. The highest BCUT2D eigenvalue weighted by Crippen LogP contribution is 2.42. The lowest BCUT2D eigenvalue weighted by molar-refractivity contribution is -0.143. The molecule has 4 N–H and O–H groups in total. The molecule has 0 bridgehead atoms. The third-order valence-electron chi connectivity index (χ3n) is 9.44. The van der Waals surface area contributed by atoms with Gasteiger partial charge < -0.3 is 35.6 Å². The molecule has 4 amide bonds. The van der Waals surface area contributed by atoms with Crippen molar-refractivity contribution in [3.8, 4) is 0 Å². The van der Waals surface area contributed by atoms with Gasteiger partial charge in [-0.25, -0.2) is 19.3 Å². The summed E-state index contributed by atoms with van der Waals surface area (Å²) >= 11 is 0. The van der Waals surface area contributed by atoms with Gasteiger partial charge in [-0.1, -0.05) is 36.4 Å². The van der Waals surface area contributed by atoms with Crippen LogP contribution in [0.2, 0.25) is 0 Å². The first kappa shape index (κ1) is 38.7. The van der Waals surface area contributed by atoms with E-state index < -0.39 is 29.9 Å². The fourth-order valence-electron chi connectivity index (χ4n) is 6.29. The summed E-state index contributed by atoms with van der Waals surface area (Å²) in [7, 11) is 6.28. The molecule has 14 nitrogen and oxygen atoms in total. The molecule has 0 aliphatic carbocycles. The van der Waals surface area contributed by atoms with Gasteiger partial charge in [0.1, 0.15) is 6.04 Å². The topological polar surface area (TPSA) is 167 Å². The summed E-state index contributed by atoms with van der Waals surface area (Å²) in [6.07, 6.45) is 1.42. The van der Waals surface area contributed by atoms with E-state index in [0.717, 1.165) is 31.1 Å². The standard InChI is InChI=1S/C39H47N7O7/c1-43-20-22-45(23-21-43)25-33(47)44(2)29-16-14-28(15-17-29)41-35(26-10-6-5-7-11-26)34-30-18-13-27(37(49)52-3)24-32(30)46(36(34)48)39(51)42-31(38(50)53-4)12-8-9-19-40/h5-7,10-11,13-18,24,31,41H,8-9,12,19-23,25,40H2,1-4H3,(H,42,51)/b35-34-/t31-/m0/s1. The molecule has 0 saturated carbocycles. The molecule has 5 rings (SSSR count). The first-order valence-corrected chi connectivity index (χ1v) is 17.6. The second-order valence-electron chi connectivity index (χ2n) is 13.0. The third kappa shape index (κ3) is 9.09. The van der Waals surface area contributed by atoms with Crippen molar-refractivity contribution in [2.24, 2.45) is 5.73 Å². The zero-order valence-electron chi connectivity index (χ0n) is 30.6. The van der Waals surface area contributed by atoms with Crippen LogP contribution in [0.3, 0.4) is 0 Å². The smallest absolute Gasteiger partial charge is 0.337 e. The van der Waals surface area contributed by atoms with Gasteiger partial charge in [-0.2, -0.15) is 0 Å². The Morgan fingerprint density at radius 3 is 2.23 bits per heavy atom. The Morgan fingerprint density at radius 2 is 1.58 bits per heavy atom. The van der Waals surface area contributed by atoms with Gasteiger partial charge in [-0.3, -0.25) is 14.5 Å². The number of piperazine rings is 1. The van der Waals surface area contributed by atoms with Crippen LogP contribution in [0.25, 0.3) is 11.3 Å². The molecule has 53 heavy (non-hydrogen) atoms. The van der Waals surface area contributed by atoms with Gasteiger partial charge in [0.05, 0.1) is 43.3 Å². The molecule has 14 heteroatoms. The number of carbonyl (C=O) groups excluding carboxylic acids is 5. The zero-order chi connectivity index (χ0) is 38.1. The minimum atomic E-state index is -1.04. The number of hydrogen-bond donors (Lipinski definition) is 3. The highest BCUT2D eigenvalue weighted by Gasteiger charge is 2.41. The summed E-state index contributed by atoms with van der Waals surface area (Å²) < 4.78 is 9.85. The van der Waals surface area contributed by atoms with Crippen LogP contribution >= 0.6 is 0 Å². The van der Waals surface area contributed by atoms with Gasteiger partial charge in [-0.15, -0.1) is 0 Å². The number of benzene rings is 3. The Bertz CT molecular complexity index is 1840. The van der Waals surface area contributed by atoms with E-state index in [1.807, 2.05) is 54.6 Å². The number of nitrogens with zero attached hydrogens (tertiary/aromatic N) is 4. The number of esters is 2. The van der Waals surface area contributed by atoms with Crippen LogP contribution < -0.4 is 26.2 Å². The quantitative estimate of drug-likeness (QED) is 0.134. The number of imide groups is 1. The Morgan fingerprint density at radius 1 is 0.887 bits per heavy atom. The number of fused-ring (bicyclic) bond motifs is 1. The van der Waals surface area contributed by atoms with Crippen molar-refractivity contribution in [2.75, 3.05) is 82.7 Å². The number of nitrogens with one attached hydrogen (secondary N) is 2. The second kappa shape index (κ2) is 17.8. The van der Waals surface area contributed by atoms with Crippen LogP contribution in [0.15, 0.2) is 72.8 Å². The zero-order valence-corrected chi connectivity index (χ0v) is 30.6. The van der Waals surface area contributed by atoms with Crippen LogP contribution in [-0.2, 0) is 23.9 Å². The molecule has 0 radical (unpaired) electrons. The number of ether oxygens (including phenoxy) is 2. The fourth-order valence-corrected chi connectivity index (χ4v) is 6.29. The van der Waals surface area contributed by atoms with Crippen molar-refractivity contribution in [3.05, 3.63) is 89.5 Å². The fraction of sp³-hybridized carbons (Fsp3) is 0.359. The summed E-state index contributed by atoms with van der Waals surface area (Å²) in [6.45, 7) is 4.24. The molecule has 3 aromatic rings. The number of unbranched alkanes of at least 4 members (excludes halogenated alkanes) is 1. The molecule has 1 fully saturated rings. The maximum absolute atomic E-state index is 14.5. The molecule has 0 aromatic heterocycles. The molecular weight excluding hydrogens is 678 g/mol. The maximum Gasteiger partial charge on any atom is 0.337 e. The molecule has 1 saturated heterocycles. The number of carbonyl (C=O) groups is 5. The highest BCUT2D eigenvalue weighted by molar-refractivity contribution is 6.44. The molecule has 280 valence electrons. The molecule has 2 heterocycles. The lowest BCUT2D eigenvalue weighted by Gasteiger charge is -2.32. The van der Waals surface area contributed by atoms with Crippen molar-refractivity contribution in [1.29, 1.82) is 0 Å². The number of amides is 4. The second-order valence-corrected chi connectivity index (χ2v) is 13.0. The van der Waals surface area contributed by atoms with Gasteiger partial charge in [-0.05, 0) is 74.8 Å². The van der Waals surface area contributed by atoms with E-state index in [2.05, 4.69) is 27.5 Å². The predicted octanol–water partition coefficient (Wildman–Crippen LogP) is 3.39. The molecule has 0 unspecified atom stereocenters. The summed E-state index contributed by atoms with van der Waals surface area (Å²) in [5, 5.41) is 6.05. The molecule has 2 aliphatic rings. The number of rotatable bonds is 13. The summed E-state index contributed by atoms with van der Waals surface area (Å²) in [5.74, 6) is -2.01. The van der Waals surface area contributed by atoms with Gasteiger partial charge >= 0.3 is 18.0 Å². The first-order chi connectivity index (χ1) is 25.6. The van der Waals surface area contributed by atoms with Crippen LogP contribution in [-0.4, -0.2) is 113 Å². The Labute approximate surface area is 309 Å². The number of anilines is 3. The number of nitrogens with two attached hydrogens (primary N) is 1. The highest BCUT2D eigenvalue weighted by atomic mass is 16.5. The average Bonchev–Trinajstić information content (AvgIpc) is 3.47. The lowest BCUT2D eigenvalue weighted by atomic mass is 9.99. The Balaban J connectivity index is 1.50. The van der Waals surface area contributed by atoms with Crippen molar-refractivity contribution in [1.82, 2.24) is 15.1 Å². The normalized spacial score (nSPS) is 16.0. The molecule has 1 atom stereocenters. The molecule has 0 spiro atoms. The predicted molar refractivity (Wildman–Crippen MR) is 203 cm³/mol. The van der Waals surface area contributed by atoms with Crippen molar-refractivity contribution in [3.63, 3.8) is 0 Å². The molecular formula is C39H47N7O7. The van der Waals surface area contributed by atoms with Gasteiger partial charge in [0.25, 0.3) is 5.91 Å². The van der Waals surface area contributed by atoms with E-state index in [1.54, 1.807) is 18.0 Å². The Kier molecular flexibility index (Phi) is 13.0. The molecule has 3 aromatic carbocycles. The summed E-state index contributed by atoms with van der Waals surface area (Å²) in [4.78, 5) is 73.8. The van der Waals surface area contributed by atoms with Crippen molar-refractivity contribution >= 4 is 58.1 Å². The van der Waals surface area contributed by atoms with E-state index in [0.29, 0.717) is 54.1 Å². The van der Waals surface area contributed by atoms with E-state index in [-0.39, 0.29) is 29.2 Å². The van der Waals surface area contributed by atoms with Gasteiger partial charge in [0, 0.05) is 50.2 Å². The number of urea groups is 1. The first-order valence-electron chi connectivity index (χ1n) is 17.6. The van der Waals surface area contributed by atoms with Crippen molar-refractivity contribution in [2.45, 2.75) is 25.3 Å². The lowest BCUT2D eigenvalue weighted by Crippen LogP contribution is -2.49. The molecule has 2 aliphatic heterocycles. The number of hydrogen-bond acceptors (Lipinski definition) is 11. The van der Waals surface area contributed by atoms with E-state index in [4.69, 9.17) is 15.2 Å². The summed E-state index contributed by atoms with van der Waals surface area (Å²) in [5.41, 5.74) is 8.83. The monoisotopic (exact) mass is 725 g/mol. The van der Waals surface area contributed by atoms with Gasteiger partial charge in [0.2, 0.25) is 5.91 Å². The largest absolute Gasteiger partial charge is 0.467 e. The van der Waals surface area contributed by atoms with E-state index in [1.165, 1.54) is 26.4 Å². The maximum atomic E-state index is 14.5. The third-order valence-corrected chi connectivity index (χ3v) is 9.44. The van der Waals surface area contributed by atoms with Crippen LogP contribution in [0.4, 0.5) is 21.9 Å². The van der Waals surface area contributed by atoms with Crippen LogP contribution in [0, 0.1) is 0 Å². The Hall–Kier alpha value is -5.57. The average molecular weight is 726 g/mol.